The number of carbonyl (C=O) groups excluding carboxylic acids is 1. The van der Waals surface area contributed by atoms with E-state index in [4.69, 9.17) is 9.05 Å². The van der Waals surface area contributed by atoms with E-state index in [1.54, 1.807) is 6.08 Å². The van der Waals surface area contributed by atoms with Crippen LogP contribution in [-0.2, 0) is 18.4 Å². The topological polar surface area (TPSA) is 105 Å². The molecule has 8 nitrogen and oxygen atoms in total. The highest BCUT2D eigenvalue weighted by Gasteiger charge is 2.27. The molecule has 0 aromatic carbocycles. The summed E-state index contributed by atoms with van der Waals surface area (Å²) in [4.78, 5) is 23.1. The Kier molecular flexibility index (Phi) is 34.6. The molecule has 1 amide bonds. The number of aliphatic hydroxyl groups is 1. The van der Waals surface area contributed by atoms with E-state index in [1.807, 2.05) is 27.2 Å². The number of phosphoric acid groups is 1. The number of carbonyl (C=O) groups is 1. The predicted molar refractivity (Wildman–Crippen MR) is 221 cm³/mol. The molecule has 0 aliphatic heterocycles. The first kappa shape index (κ1) is 50.7. The Balaban J connectivity index is 4.49. The van der Waals surface area contributed by atoms with Crippen LogP contribution in [0.5, 0.6) is 0 Å². The number of likely N-dealkylation sites (N-methyl/N-ethyl adjacent to an activating group) is 1. The quantitative estimate of drug-likeness (QED) is 0.0251. The van der Waals surface area contributed by atoms with Crippen molar-refractivity contribution in [2.24, 2.45) is 0 Å². The molecule has 0 aromatic rings. The van der Waals surface area contributed by atoms with Crippen LogP contribution in [0.3, 0.4) is 0 Å². The van der Waals surface area contributed by atoms with E-state index in [0.717, 1.165) is 64.2 Å². The van der Waals surface area contributed by atoms with Crippen LogP contribution in [0.1, 0.15) is 181 Å². The van der Waals surface area contributed by atoms with Gasteiger partial charge in [-0.3, -0.25) is 13.8 Å². The number of phosphoric ester groups is 1. The number of rotatable bonds is 38. The van der Waals surface area contributed by atoms with Gasteiger partial charge in [0.25, 0.3) is 0 Å². The molecule has 0 bridgehead atoms. The van der Waals surface area contributed by atoms with Crippen LogP contribution in [0.15, 0.2) is 36.5 Å². The van der Waals surface area contributed by atoms with Crippen LogP contribution < -0.4 is 5.32 Å². The highest BCUT2D eigenvalue weighted by molar-refractivity contribution is 7.47. The van der Waals surface area contributed by atoms with Crippen molar-refractivity contribution in [1.82, 2.24) is 5.32 Å². The fourth-order valence-electron chi connectivity index (χ4n) is 5.88. The number of nitrogens with one attached hydrogen (secondary N) is 1. The molecule has 0 aliphatic rings. The number of nitrogens with zero attached hydrogens (tertiary/aromatic N) is 1. The molecule has 52 heavy (non-hydrogen) atoms. The van der Waals surface area contributed by atoms with Gasteiger partial charge < -0.3 is 19.8 Å². The summed E-state index contributed by atoms with van der Waals surface area (Å²) in [5.41, 5.74) is 0. The Morgan fingerprint density at radius 3 is 1.63 bits per heavy atom. The Morgan fingerprint density at radius 2 is 1.12 bits per heavy atom. The molecule has 0 spiro atoms. The normalized spacial score (nSPS) is 14.8. The SMILES string of the molecule is CCCC/C=C\C/C=C\CCCCCCCC(=O)NC(COP(=O)(O)OCC[N+](C)(C)C)C(O)/C=C/CCCCCCCCCCCCCCCC. The van der Waals surface area contributed by atoms with Crippen molar-refractivity contribution in [1.29, 1.82) is 0 Å². The van der Waals surface area contributed by atoms with Gasteiger partial charge in [0.2, 0.25) is 5.91 Å². The zero-order chi connectivity index (χ0) is 38.6. The summed E-state index contributed by atoms with van der Waals surface area (Å²) >= 11 is 0. The van der Waals surface area contributed by atoms with Crippen molar-refractivity contribution in [2.45, 2.75) is 193 Å². The van der Waals surface area contributed by atoms with Gasteiger partial charge >= 0.3 is 7.82 Å². The van der Waals surface area contributed by atoms with Crippen molar-refractivity contribution in [3.05, 3.63) is 36.5 Å². The Morgan fingerprint density at radius 1 is 0.654 bits per heavy atom. The van der Waals surface area contributed by atoms with Crippen LogP contribution in [0.25, 0.3) is 0 Å². The molecular formula is C43H84N2O6P+. The maximum Gasteiger partial charge on any atom is 0.472 e. The molecule has 3 N–H and O–H groups in total. The van der Waals surface area contributed by atoms with Gasteiger partial charge in [-0.05, 0) is 44.9 Å². The van der Waals surface area contributed by atoms with Gasteiger partial charge in [0.05, 0.1) is 39.9 Å². The first-order chi connectivity index (χ1) is 25.0. The number of aliphatic hydroxyl groups excluding tert-OH is 1. The molecule has 0 saturated heterocycles. The molecule has 9 heteroatoms. The molecule has 3 atom stereocenters. The molecule has 0 aliphatic carbocycles. The fourth-order valence-corrected chi connectivity index (χ4v) is 6.62. The number of unbranched alkanes of at least 4 members (excludes halogenated alkanes) is 21. The van der Waals surface area contributed by atoms with E-state index in [1.165, 1.54) is 96.3 Å². The summed E-state index contributed by atoms with van der Waals surface area (Å²) in [6.07, 6.45) is 42.0. The monoisotopic (exact) mass is 756 g/mol. The molecular weight excluding hydrogens is 671 g/mol. The van der Waals surface area contributed by atoms with Crippen molar-refractivity contribution in [2.75, 3.05) is 40.9 Å². The molecule has 0 aromatic heterocycles. The van der Waals surface area contributed by atoms with Gasteiger partial charge in [-0.25, -0.2) is 4.57 Å². The van der Waals surface area contributed by atoms with Gasteiger partial charge in [-0.15, -0.1) is 0 Å². The second-order valence-electron chi connectivity index (χ2n) is 15.7. The van der Waals surface area contributed by atoms with Crippen LogP contribution in [0.4, 0.5) is 0 Å². The van der Waals surface area contributed by atoms with E-state index < -0.39 is 20.0 Å². The highest BCUT2D eigenvalue weighted by atomic mass is 31.2. The lowest BCUT2D eigenvalue weighted by atomic mass is 10.0. The van der Waals surface area contributed by atoms with Gasteiger partial charge in [0, 0.05) is 6.42 Å². The van der Waals surface area contributed by atoms with Crippen LogP contribution in [0.2, 0.25) is 0 Å². The molecule has 0 heterocycles. The van der Waals surface area contributed by atoms with E-state index >= 15 is 0 Å². The molecule has 3 unspecified atom stereocenters. The average molecular weight is 756 g/mol. The number of allylic oxidation sites excluding steroid dienone is 5. The predicted octanol–water partition coefficient (Wildman–Crippen LogP) is 11.5. The molecule has 306 valence electrons. The van der Waals surface area contributed by atoms with Gasteiger partial charge in [0.15, 0.2) is 0 Å². The second-order valence-corrected chi connectivity index (χ2v) is 17.2. The maximum absolute atomic E-state index is 12.8. The summed E-state index contributed by atoms with van der Waals surface area (Å²) < 4.78 is 23.5. The fraction of sp³-hybridized carbons (Fsp3) is 0.837. The molecule has 0 radical (unpaired) electrons. The van der Waals surface area contributed by atoms with E-state index in [9.17, 15) is 19.4 Å². The lowest BCUT2D eigenvalue weighted by Crippen LogP contribution is -2.45. The summed E-state index contributed by atoms with van der Waals surface area (Å²) in [7, 11) is 1.56. The van der Waals surface area contributed by atoms with Crippen LogP contribution >= 0.6 is 7.82 Å². The molecule has 0 fully saturated rings. The maximum atomic E-state index is 12.8. The van der Waals surface area contributed by atoms with E-state index in [0.29, 0.717) is 17.4 Å². The Hall–Kier alpha value is -1.28. The number of quaternary nitrogens is 1. The standard InChI is InChI=1S/C43H83N2O6P/c1-6-8-10-12-14-16-18-20-22-23-24-26-28-30-32-34-36-42(46)41(40-51-52(48,49)50-39-38-45(3,4)5)44-43(47)37-35-33-31-29-27-25-21-19-17-15-13-11-9-7-2/h13,15,19,21,34,36,41-42,46H,6-12,14,16-18,20,22-33,35,37-40H2,1-5H3,(H-,44,47,48,49)/p+1/b15-13-,21-19-,36-34+. The average Bonchev–Trinajstić information content (AvgIpc) is 3.09. The first-order valence-electron chi connectivity index (χ1n) is 21.4. The number of hydrogen-bond donors (Lipinski definition) is 3. The number of hydrogen-bond acceptors (Lipinski definition) is 5. The van der Waals surface area contributed by atoms with Crippen LogP contribution in [-0.4, -0.2) is 73.4 Å². The van der Waals surface area contributed by atoms with Gasteiger partial charge in [-0.1, -0.05) is 166 Å². The lowest BCUT2D eigenvalue weighted by molar-refractivity contribution is -0.870. The van der Waals surface area contributed by atoms with Crippen molar-refractivity contribution in [3.63, 3.8) is 0 Å². The number of amides is 1. The smallest absolute Gasteiger partial charge is 0.387 e. The summed E-state index contributed by atoms with van der Waals surface area (Å²) in [5.74, 6) is -0.193. The largest absolute Gasteiger partial charge is 0.472 e. The third kappa shape index (κ3) is 37.1. The second kappa shape index (κ2) is 35.4. The lowest BCUT2D eigenvalue weighted by Gasteiger charge is -2.25. The Bertz CT molecular complexity index is 948. The third-order valence-corrected chi connectivity index (χ3v) is 10.3. The van der Waals surface area contributed by atoms with Gasteiger partial charge in [-0.2, -0.15) is 0 Å². The van der Waals surface area contributed by atoms with E-state index in [2.05, 4.69) is 43.5 Å². The minimum absolute atomic E-state index is 0.0582. The summed E-state index contributed by atoms with van der Waals surface area (Å²) in [6.45, 7) is 4.75. The summed E-state index contributed by atoms with van der Waals surface area (Å²) in [6, 6.07) is -0.851. The molecule has 0 saturated carbocycles. The summed E-state index contributed by atoms with van der Waals surface area (Å²) in [5, 5.41) is 13.8. The zero-order valence-electron chi connectivity index (χ0n) is 34.5. The minimum Gasteiger partial charge on any atom is -0.387 e. The third-order valence-electron chi connectivity index (χ3n) is 9.35. The highest BCUT2D eigenvalue weighted by Crippen LogP contribution is 2.43. The minimum atomic E-state index is -4.34. The van der Waals surface area contributed by atoms with Crippen LogP contribution in [0, 0.1) is 0 Å². The van der Waals surface area contributed by atoms with Crippen molar-refractivity contribution < 1.29 is 32.9 Å². The van der Waals surface area contributed by atoms with Crippen molar-refractivity contribution >= 4 is 13.7 Å². The van der Waals surface area contributed by atoms with E-state index in [-0.39, 0.29) is 19.1 Å². The van der Waals surface area contributed by atoms with Crippen molar-refractivity contribution in [3.8, 4) is 0 Å². The zero-order valence-corrected chi connectivity index (χ0v) is 35.4. The first-order valence-corrected chi connectivity index (χ1v) is 22.9. The molecule has 0 rings (SSSR count). The van der Waals surface area contributed by atoms with Gasteiger partial charge in [0.1, 0.15) is 13.2 Å². The Labute approximate surface area is 321 Å².